The first-order valence-electron chi connectivity index (χ1n) is 9.38. The van der Waals surface area contributed by atoms with Crippen molar-refractivity contribution in [3.05, 3.63) is 53.1 Å². The second-order valence-electron chi connectivity index (χ2n) is 6.93. The summed E-state index contributed by atoms with van der Waals surface area (Å²) in [5.74, 6) is 0.363. The van der Waals surface area contributed by atoms with Gasteiger partial charge in [-0.05, 0) is 36.8 Å². The standard InChI is InChI=1S/C21H20N2O5S/c1-3-10-28-15-5-7-18-17(12-15)20(25)16-6-4-14(11-19(16)29(18,26)27)21-22-8-9-23(21)13(2)24/h4-7,11-12H,3,8-10H2,1-2H3. The van der Waals surface area contributed by atoms with E-state index in [0.717, 1.165) is 6.42 Å². The lowest BCUT2D eigenvalue weighted by molar-refractivity contribution is -0.124. The fourth-order valence-corrected chi connectivity index (χ4v) is 5.22. The molecule has 4 rings (SSSR count). The van der Waals surface area contributed by atoms with E-state index in [1.807, 2.05) is 6.92 Å². The zero-order valence-electron chi connectivity index (χ0n) is 16.1. The smallest absolute Gasteiger partial charge is 0.225 e. The van der Waals surface area contributed by atoms with Crippen LogP contribution in [-0.2, 0) is 14.6 Å². The van der Waals surface area contributed by atoms with Crippen LogP contribution in [0.3, 0.4) is 0 Å². The van der Waals surface area contributed by atoms with Gasteiger partial charge in [0.15, 0.2) is 5.78 Å². The molecule has 0 N–H and O–H groups in total. The van der Waals surface area contributed by atoms with Gasteiger partial charge in [-0.1, -0.05) is 13.0 Å². The molecule has 2 aromatic carbocycles. The van der Waals surface area contributed by atoms with Crippen molar-refractivity contribution in [3.8, 4) is 5.75 Å². The quantitative estimate of drug-likeness (QED) is 0.656. The third-order valence-corrected chi connectivity index (χ3v) is 6.80. The molecule has 1 amide bonds. The molecule has 0 fully saturated rings. The second-order valence-corrected chi connectivity index (χ2v) is 8.81. The Morgan fingerprint density at radius 3 is 2.66 bits per heavy atom. The summed E-state index contributed by atoms with van der Waals surface area (Å²) in [7, 11) is -3.90. The maximum Gasteiger partial charge on any atom is 0.225 e. The molecule has 29 heavy (non-hydrogen) atoms. The number of amidine groups is 1. The minimum absolute atomic E-state index is 0.0345. The molecule has 0 spiro atoms. The Hall–Kier alpha value is -3.00. The number of fused-ring (bicyclic) bond motifs is 2. The number of nitrogens with zero attached hydrogens (tertiary/aromatic N) is 2. The number of carbonyl (C=O) groups excluding carboxylic acids is 2. The normalized spacial score (nSPS) is 16.8. The van der Waals surface area contributed by atoms with Crippen LogP contribution >= 0.6 is 0 Å². The molecular weight excluding hydrogens is 392 g/mol. The molecule has 0 bridgehead atoms. The number of carbonyl (C=O) groups is 2. The van der Waals surface area contributed by atoms with Gasteiger partial charge in [0.05, 0.1) is 22.9 Å². The summed E-state index contributed by atoms with van der Waals surface area (Å²) in [5.41, 5.74) is 0.725. The first-order chi connectivity index (χ1) is 13.8. The minimum atomic E-state index is -3.90. The molecule has 2 aliphatic rings. The van der Waals surface area contributed by atoms with Crippen LogP contribution in [0.1, 0.15) is 41.8 Å². The Kier molecular flexibility index (Phi) is 4.74. The van der Waals surface area contributed by atoms with E-state index in [1.165, 1.54) is 36.1 Å². The number of ether oxygens (including phenoxy) is 1. The van der Waals surface area contributed by atoms with E-state index in [9.17, 15) is 18.0 Å². The number of ketones is 1. The monoisotopic (exact) mass is 412 g/mol. The molecule has 8 heteroatoms. The fraction of sp³-hybridized carbons (Fsp3) is 0.286. The van der Waals surface area contributed by atoms with Crippen molar-refractivity contribution in [3.63, 3.8) is 0 Å². The van der Waals surface area contributed by atoms with Gasteiger partial charge >= 0.3 is 0 Å². The van der Waals surface area contributed by atoms with Gasteiger partial charge in [0.2, 0.25) is 15.7 Å². The number of aliphatic imine (C=N–C) groups is 1. The van der Waals surface area contributed by atoms with E-state index >= 15 is 0 Å². The van der Waals surface area contributed by atoms with Gasteiger partial charge in [-0.2, -0.15) is 0 Å². The van der Waals surface area contributed by atoms with Crippen LogP contribution in [0.4, 0.5) is 0 Å². The van der Waals surface area contributed by atoms with Crippen LogP contribution in [0.15, 0.2) is 51.2 Å². The molecule has 2 aliphatic heterocycles. The maximum absolute atomic E-state index is 13.2. The van der Waals surface area contributed by atoms with Crippen LogP contribution in [0.25, 0.3) is 0 Å². The zero-order valence-corrected chi connectivity index (χ0v) is 17.0. The Morgan fingerprint density at radius 2 is 1.93 bits per heavy atom. The largest absolute Gasteiger partial charge is 0.494 e. The minimum Gasteiger partial charge on any atom is -0.494 e. The lowest BCUT2D eigenvalue weighted by atomic mass is 10.0. The van der Waals surface area contributed by atoms with Crippen LogP contribution in [0.5, 0.6) is 5.75 Å². The highest BCUT2D eigenvalue weighted by Crippen LogP contribution is 2.37. The lowest BCUT2D eigenvalue weighted by Crippen LogP contribution is -2.33. The third-order valence-electron chi connectivity index (χ3n) is 4.95. The fourth-order valence-electron chi connectivity index (χ4n) is 3.57. The SMILES string of the molecule is CCCOc1ccc2c(c1)C(=O)c1ccc(C3=NCCN3C(C)=O)cc1S2(=O)=O. The van der Waals surface area contributed by atoms with Gasteiger partial charge < -0.3 is 4.74 Å². The second kappa shape index (κ2) is 7.11. The topological polar surface area (TPSA) is 93.1 Å². The van der Waals surface area contributed by atoms with Gasteiger partial charge in [0, 0.05) is 30.2 Å². The van der Waals surface area contributed by atoms with Crippen molar-refractivity contribution in [2.45, 2.75) is 30.1 Å². The first-order valence-corrected chi connectivity index (χ1v) is 10.9. The van der Waals surface area contributed by atoms with Crippen molar-refractivity contribution in [1.29, 1.82) is 0 Å². The summed E-state index contributed by atoms with van der Waals surface area (Å²) < 4.78 is 32.0. The number of sulfone groups is 1. The van der Waals surface area contributed by atoms with Crippen molar-refractivity contribution < 1.29 is 22.7 Å². The molecule has 0 radical (unpaired) electrons. The number of amides is 1. The molecular formula is C21H20N2O5S. The van der Waals surface area contributed by atoms with Gasteiger partial charge in [0.25, 0.3) is 0 Å². The third kappa shape index (κ3) is 3.13. The van der Waals surface area contributed by atoms with E-state index in [2.05, 4.69) is 4.99 Å². The van der Waals surface area contributed by atoms with Gasteiger partial charge in [-0.15, -0.1) is 0 Å². The van der Waals surface area contributed by atoms with E-state index in [0.29, 0.717) is 36.8 Å². The summed E-state index contributed by atoms with van der Waals surface area (Å²) >= 11 is 0. The van der Waals surface area contributed by atoms with Gasteiger partial charge in [-0.3, -0.25) is 19.5 Å². The molecule has 0 atom stereocenters. The van der Waals surface area contributed by atoms with Crippen LogP contribution in [-0.4, -0.2) is 50.5 Å². The van der Waals surface area contributed by atoms with Crippen molar-refractivity contribution in [1.82, 2.24) is 4.90 Å². The molecule has 0 aromatic heterocycles. The molecule has 150 valence electrons. The van der Waals surface area contributed by atoms with E-state index < -0.39 is 9.84 Å². The average Bonchev–Trinajstić information content (AvgIpc) is 3.20. The van der Waals surface area contributed by atoms with Gasteiger partial charge in [-0.25, -0.2) is 8.42 Å². The van der Waals surface area contributed by atoms with Crippen molar-refractivity contribution in [2.24, 2.45) is 4.99 Å². The van der Waals surface area contributed by atoms with Crippen molar-refractivity contribution in [2.75, 3.05) is 19.7 Å². The van der Waals surface area contributed by atoms with E-state index in [4.69, 9.17) is 4.74 Å². The predicted octanol–water partition coefficient (Wildman–Crippen LogP) is 2.46. The van der Waals surface area contributed by atoms with Crippen LogP contribution in [0, 0.1) is 0 Å². The molecule has 0 saturated heterocycles. The summed E-state index contributed by atoms with van der Waals surface area (Å²) in [6.45, 7) is 4.80. The van der Waals surface area contributed by atoms with Crippen LogP contribution in [0.2, 0.25) is 0 Å². The molecule has 0 unspecified atom stereocenters. The maximum atomic E-state index is 13.2. The zero-order chi connectivity index (χ0) is 20.8. The Balaban J connectivity index is 1.81. The van der Waals surface area contributed by atoms with E-state index in [1.54, 1.807) is 12.1 Å². The highest BCUT2D eigenvalue weighted by Gasteiger charge is 2.36. The Bertz CT molecular complexity index is 1170. The van der Waals surface area contributed by atoms with Gasteiger partial charge in [0.1, 0.15) is 11.6 Å². The highest BCUT2D eigenvalue weighted by molar-refractivity contribution is 7.91. The Morgan fingerprint density at radius 1 is 1.14 bits per heavy atom. The van der Waals surface area contributed by atoms with Crippen molar-refractivity contribution >= 4 is 27.4 Å². The summed E-state index contributed by atoms with van der Waals surface area (Å²) in [4.78, 5) is 30.6. The molecule has 0 saturated carbocycles. The number of hydrogen-bond acceptors (Lipinski definition) is 6. The lowest BCUT2D eigenvalue weighted by Gasteiger charge is -2.22. The summed E-state index contributed by atoms with van der Waals surface area (Å²) in [6, 6.07) is 9.03. The number of benzene rings is 2. The van der Waals surface area contributed by atoms with Crippen LogP contribution < -0.4 is 4.74 Å². The average molecular weight is 412 g/mol. The molecule has 2 aromatic rings. The molecule has 2 heterocycles. The first kappa shape index (κ1) is 19.3. The predicted molar refractivity (Wildman–Crippen MR) is 106 cm³/mol. The molecule has 7 nitrogen and oxygen atoms in total. The number of rotatable bonds is 4. The van der Waals surface area contributed by atoms with E-state index in [-0.39, 0.29) is 32.6 Å². The summed E-state index contributed by atoms with van der Waals surface area (Å²) in [6.07, 6.45) is 0.802. The highest BCUT2D eigenvalue weighted by atomic mass is 32.2. The summed E-state index contributed by atoms with van der Waals surface area (Å²) in [5, 5.41) is 0. The molecule has 0 aliphatic carbocycles. The number of hydrogen-bond donors (Lipinski definition) is 0. The Labute approximate surface area is 168 Å².